The monoisotopic (exact) mass is 292 g/mol. The highest BCUT2D eigenvalue weighted by Crippen LogP contribution is 2.33. The summed E-state index contributed by atoms with van der Waals surface area (Å²) >= 11 is 1.42. The molecule has 6 nitrogen and oxygen atoms in total. The Balaban J connectivity index is 1.83. The van der Waals surface area contributed by atoms with Crippen LogP contribution < -0.4 is 5.73 Å². The van der Waals surface area contributed by atoms with Gasteiger partial charge in [-0.05, 0) is 19.8 Å². The molecule has 2 aromatic heterocycles. The molecule has 1 atom stereocenters. The van der Waals surface area contributed by atoms with Gasteiger partial charge in [0.15, 0.2) is 5.76 Å². The van der Waals surface area contributed by atoms with E-state index in [0.29, 0.717) is 12.2 Å². The molecule has 106 valence electrons. The molecule has 7 heteroatoms. The van der Waals surface area contributed by atoms with Crippen LogP contribution in [-0.4, -0.2) is 27.5 Å². The minimum absolute atomic E-state index is 0.0354. The Morgan fingerprint density at radius 2 is 2.50 bits per heavy atom. The van der Waals surface area contributed by atoms with E-state index in [9.17, 15) is 4.79 Å². The van der Waals surface area contributed by atoms with Gasteiger partial charge in [-0.1, -0.05) is 5.16 Å². The van der Waals surface area contributed by atoms with Gasteiger partial charge in [-0.3, -0.25) is 4.79 Å². The molecule has 1 aliphatic heterocycles. The van der Waals surface area contributed by atoms with Crippen molar-refractivity contribution >= 4 is 17.2 Å². The fraction of sp³-hybridized carbons (Fsp3) is 0.462. The zero-order chi connectivity index (χ0) is 14.1. The molecule has 3 rings (SSSR count). The maximum atomic E-state index is 12.5. The first kappa shape index (κ1) is 13.3. The van der Waals surface area contributed by atoms with Crippen molar-refractivity contribution in [3.63, 3.8) is 0 Å². The largest absolute Gasteiger partial charge is 0.359 e. The van der Waals surface area contributed by atoms with Crippen LogP contribution in [0.4, 0.5) is 0 Å². The maximum Gasteiger partial charge on any atom is 0.273 e. The number of hydrogen-bond donors (Lipinski definition) is 1. The van der Waals surface area contributed by atoms with Gasteiger partial charge < -0.3 is 15.2 Å². The summed E-state index contributed by atoms with van der Waals surface area (Å²) in [5.41, 5.74) is 6.84. The van der Waals surface area contributed by atoms with E-state index in [-0.39, 0.29) is 11.9 Å². The molecular formula is C13H16N4O2S. The smallest absolute Gasteiger partial charge is 0.273 e. The van der Waals surface area contributed by atoms with Crippen LogP contribution in [0.25, 0.3) is 0 Å². The van der Waals surface area contributed by atoms with Gasteiger partial charge >= 0.3 is 0 Å². The van der Waals surface area contributed by atoms with E-state index in [0.717, 1.165) is 35.8 Å². The summed E-state index contributed by atoms with van der Waals surface area (Å²) in [5, 5.41) is 6.45. The summed E-state index contributed by atoms with van der Waals surface area (Å²) in [6.07, 6.45) is 1.86. The average Bonchev–Trinajstić information content (AvgIpc) is 3.17. The molecule has 0 saturated carbocycles. The van der Waals surface area contributed by atoms with Crippen molar-refractivity contribution in [3.05, 3.63) is 33.6 Å². The Morgan fingerprint density at radius 1 is 1.65 bits per heavy atom. The zero-order valence-electron chi connectivity index (χ0n) is 11.2. The predicted octanol–water partition coefficient (Wildman–Crippen LogP) is 1.88. The van der Waals surface area contributed by atoms with Crippen LogP contribution in [0.5, 0.6) is 0 Å². The van der Waals surface area contributed by atoms with Crippen LogP contribution >= 0.6 is 11.3 Å². The first-order valence-corrected chi connectivity index (χ1v) is 7.45. The van der Waals surface area contributed by atoms with Crippen molar-refractivity contribution < 1.29 is 9.32 Å². The van der Waals surface area contributed by atoms with E-state index in [1.165, 1.54) is 11.3 Å². The number of carbonyl (C=O) groups excluding carboxylic acids is 1. The standard InChI is InChI=1S/C13H16N4O2S/c1-8-5-11(19-16-8)10-3-2-4-17(10)13(18)9-7-20-12(6-14)15-9/h5,7,10H,2-4,6,14H2,1H3. The molecule has 20 heavy (non-hydrogen) atoms. The van der Waals surface area contributed by atoms with Crippen molar-refractivity contribution in [1.82, 2.24) is 15.0 Å². The Morgan fingerprint density at radius 3 is 3.15 bits per heavy atom. The number of rotatable bonds is 3. The molecule has 3 heterocycles. The van der Waals surface area contributed by atoms with Gasteiger partial charge in [0.05, 0.1) is 11.7 Å². The van der Waals surface area contributed by atoms with Crippen LogP contribution in [0.2, 0.25) is 0 Å². The van der Waals surface area contributed by atoms with E-state index >= 15 is 0 Å². The highest BCUT2D eigenvalue weighted by Gasteiger charge is 2.34. The lowest BCUT2D eigenvalue weighted by atomic mass is 10.1. The van der Waals surface area contributed by atoms with Gasteiger partial charge in [-0.25, -0.2) is 4.98 Å². The Hall–Kier alpha value is -1.73. The first-order valence-electron chi connectivity index (χ1n) is 6.57. The fourth-order valence-corrected chi connectivity index (χ4v) is 3.14. The topological polar surface area (TPSA) is 85.2 Å². The zero-order valence-corrected chi connectivity index (χ0v) is 12.0. The molecule has 0 aliphatic carbocycles. The van der Waals surface area contributed by atoms with E-state index < -0.39 is 0 Å². The summed E-state index contributed by atoms with van der Waals surface area (Å²) in [6.45, 7) is 2.96. The number of hydrogen-bond acceptors (Lipinski definition) is 6. The molecule has 1 fully saturated rings. The minimum Gasteiger partial charge on any atom is -0.359 e. The summed E-state index contributed by atoms with van der Waals surface area (Å²) in [7, 11) is 0. The van der Waals surface area contributed by atoms with Crippen LogP contribution in [0.15, 0.2) is 16.0 Å². The maximum absolute atomic E-state index is 12.5. The van der Waals surface area contributed by atoms with Crippen LogP contribution in [-0.2, 0) is 6.54 Å². The Labute approximate surface area is 120 Å². The first-order chi connectivity index (χ1) is 9.69. The quantitative estimate of drug-likeness (QED) is 0.933. The van der Waals surface area contributed by atoms with Gasteiger partial charge in [0.1, 0.15) is 10.7 Å². The predicted molar refractivity (Wildman–Crippen MR) is 74.3 cm³/mol. The second-order valence-corrected chi connectivity index (χ2v) is 5.80. The summed E-state index contributed by atoms with van der Waals surface area (Å²) < 4.78 is 5.31. The lowest BCUT2D eigenvalue weighted by Crippen LogP contribution is -2.30. The third-order valence-electron chi connectivity index (χ3n) is 3.43. The van der Waals surface area contributed by atoms with Crippen molar-refractivity contribution in [2.45, 2.75) is 32.4 Å². The van der Waals surface area contributed by atoms with Crippen LogP contribution in [0.3, 0.4) is 0 Å². The second kappa shape index (κ2) is 5.34. The van der Waals surface area contributed by atoms with Crippen LogP contribution in [0, 0.1) is 6.92 Å². The molecule has 0 bridgehead atoms. The van der Waals surface area contributed by atoms with Crippen molar-refractivity contribution in [2.24, 2.45) is 5.73 Å². The SMILES string of the molecule is Cc1cc(C2CCCN2C(=O)c2csc(CN)n2)on1. The third kappa shape index (κ3) is 2.34. The van der Waals surface area contributed by atoms with E-state index in [2.05, 4.69) is 10.1 Å². The summed E-state index contributed by atoms with van der Waals surface area (Å²) in [5.74, 6) is 0.695. The number of carbonyl (C=O) groups is 1. The lowest BCUT2D eigenvalue weighted by molar-refractivity contribution is 0.0709. The van der Waals surface area contributed by atoms with E-state index in [1.807, 2.05) is 17.9 Å². The molecule has 1 aliphatic rings. The average molecular weight is 292 g/mol. The molecule has 1 saturated heterocycles. The second-order valence-electron chi connectivity index (χ2n) is 4.86. The van der Waals surface area contributed by atoms with Crippen LogP contribution in [0.1, 0.15) is 45.8 Å². The molecular weight excluding hydrogens is 276 g/mol. The molecule has 2 N–H and O–H groups in total. The highest BCUT2D eigenvalue weighted by atomic mass is 32.1. The summed E-state index contributed by atoms with van der Waals surface area (Å²) in [6, 6.07) is 1.86. The Kier molecular flexibility index (Phi) is 3.54. The number of nitrogens with zero attached hydrogens (tertiary/aromatic N) is 3. The van der Waals surface area contributed by atoms with Gasteiger partial charge in [0.25, 0.3) is 5.91 Å². The number of aryl methyl sites for hydroxylation is 1. The number of likely N-dealkylation sites (tertiary alicyclic amines) is 1. The Bertz CT molecular complexity index is 621. The summed E-state index contributed by atoms with van der Waals surface area (Å²) in [4.78, 5) is 18.6. The molecule has 1 amide bonds. The molecule has 0 radical (unpaired) electrons. The van der Waals surface area contributed by atoms with Gasteiger partial charge in [-0.15, -0.1) is 11.3 Å². The number of aromatic nitrogens is 2. The molecule has 0 aromatic carbocycles. The highest BCUT2D eigenvalue weighted by molar-refractivity contribution is 7.09. The number of nitrogens with two attached hydrogens (primary N) is 1. The molecule has 2 aromatic rings. The van der Waals surface area contributed by atoms with Gasteiger partial charge in [0, 0.05) is 24.5 Å². The third-order valence-corrected chi connectivity index (χ3v) is 4.30. The lowest BCUT2D eigenvalue weighted by Gasteiger charge is -2.21. The normalized spacial score (nSPS) is 18.7. The minimum atomic E-state index is -0.0579. The van der Waals surface area contributed by atoms with E-state index in [4.69, 9.17) is 10.3 Å². The van der Waals surface area contributed by atoms with Crippen molar-refractivity contribution in [2.75, 3.05) is 6.54 Å². The molecule has 1 unspecified atom stereocenters. The van der Waals surface area contributed by atoms with Crippen molar-refractivity contribution in [1.29, 1.82) is 0 Å². The van der Waals surface area contributed by atoms with Gasteiger partial charge in [-0.2, -0.15) is 0 Å². The number of amides is 1. The number of thiazole rings is 1. The molecule has 0 spiro atoms. The van der Waals surface area contributed by atoms with E-state index in [1.54, 1.807) is 5.38 Å². The van der Waals surface area contributed by atoms with Crippen molar-refractivity contribution in [3.8, 4) is 0 Å². The fourth-order valence-electron chi connectivity index (χ4n) is 2.50. The van der Waals surface area contributed by atoms with Gasteiger partial charge in [0.2, 0.25) is 0 Å².